The molecule has 0 aliphatic carbocycles. The zero-order valence-corrected chi connectivity index (χ0v) is 11.5. The fourth-order valence-corrected chi connectivity index (χ4v) is 2.06. The zero-order valence-electron chi connectivity index (χ0n) is 9.15. The molecule has 0 amide bonds. The number of nitrogens with two attached hydrogens (primary N) is 1. The molecular formula is C11H16Cl3NO. The van der Waals surface area contributed by atoms with Crippen LogP contribution in [0, 0.1) is 5.92 Å². The molecule has 0 fully saturated rings. The third-order valence-electron chi connectivity index (χ3n) is 2.38. The minimum atomic E-state index is -0.651. The van der Waals surface area contributed by atoms with Gasteiger partial charge in [0.2, 0.25) is 0 Å². The second-order valence-corrected chi connectivity index (χ2v) is 4.71. The summed E-state index contributed by atoms with van der Waals surface area (Å²) in [5, 5.41) is 10.8. The molecule has 0 unspecified atom stereocenters. The summed E-state index contributed by atoms with van der Waals surface area (Å²) in [6.45, 7) is 3.80. The molecular weight excluding hydrogens is 268 g/mol. The van der Waals surface area contributed by atoms with Crippen molar-refractivity contribution in [3.63, 3.8) is 0 Å². The number of hydrogen-bond acceptors (Lipinski definition) is 2. The normalized spacial score (nSPS) is 14.4. The highest BCUT2D eigenvalue weighted by Gasteiger charge is 2.23. The van der Waals surface area contributed by atoms with Crippen molar-refractivity contribution in [1.29, 1.82) is 0 Å². The minimum Gasteiger partial charge on any atom is -0.391 e. The number of hydrogen-bond donors (Lipinski definition) is 2. The molecule has 0 aromatic heterocycles. The van der Waals surface area contributed by atoms with Gasteiger partial charge in [-0.3, -0.25) is 0 Å². The first-order chi connectivity index (χ1) is 6.95. The molecule has 3 N–H and O–H groups in total. The van der Waals surface area contributed by atoms with E-state index in [-0.39, 0.29) is 18.3 Å². The summed E-state index contributed by atoms with van der Waals surface area (Å²) in [6.07, 6.45) is -0.651. The first-order valence-electron chi connectivity index (χ1n) is 4.82. The standard InChI is InChI=1S/C11H15Cl2NO.ClH/c1-6(2)11(15)10(14)9-7(12)4-3-5-8(9)13;/h3-6,10-11,15H,14H2,1-2H3;1H/t10-,11+;/m0./s1. The Morgan fingerprint density at radius 1 is 1.19 bits per heavy atom. The molecule has 0 spiro atoms. The maximum absolute atomic E-state index is 9.85. The van der Waals surface area contributed by atoms with E-state index in [0.717, 1.165) is 0 Å². The topological polar surface area (TPSA) is 46.2 Å². The van der Waals surface area contributed by atoms with Crippen molar-refractivity contribution in [3.05, 3.63) is 33.8 Å². The van der Waals surface area contributed by atoms with E-state index in [1.54, 1.807) is 18.2 Å². The third kappa shape index (κ3) is 3.51. The van der Waals surface area contributed by atoms with Gasteiger partial charge in [0, 0.05) is 15.6 Å². The molecule has 0 saturated heterocycles. The summed E-state index contributed by atoms with van der Waals surface area (Å²) in [5.41, 5.74) is 6.54. The predicted molar refractivity (Wildman–Crippen MR) is 71.5 cm³/mol. The van der Waals surface area contributed by atoms with Crippen LogP contribution in [0.5, 0.6) is 0 Å². The number of benzene rings is 1. The van der Waals surface area contributed by atoms with Gasteiger partial charge in [0.05, 0.1) is 12.1 Å². The number of rotatable bonds is 3. The van der Waals surface area contributed by atoms with Crippen molar-refractivity contribution >= 4 is 35.6 Å². The maximum Gasteiger partial charge on any atom is 0.0756 e. The second kappa shape index (κ2) is 6.67. The smallest absolute Gasteiger partial charge is 0.0756 e. The maximum atomic E-state index is 9.85. The molecule has 1 aromatic rings. The van der Waals surface area contributed by atoms with E-state index in [0.29, 0.717) is 15.6 Å². The first kappa shape index (κ1) is 16.0. The van der Waals surface area contributed by atoms with Gasteiger partial charge in [0.1, 0.15) is 0 Å². The Morgan fingerprint density at radius 3 is 2.00 bits per heavy atom. The van der Waals surface area contributed by atoms with E-state index in [9.17, 15) is 5.11 Å². The van der Waals surface area contributed by atoms with E-state index < -0.39 is 12.1 Å². The largest absolute Gasteiger partial charge is 0.391 e. The van der Waals surface area contributed by atoms with Gasteiger partial charge >= 0.3 is 0 Å². The average molecular weight is 285 g/mol. The van der Waals surface area contributed by atoms with Crippen LogP contribution in [0.1, 0.15) is 25.5 Å². The van der Waals surface area contributed by atoms with Crippen LogP contribution >= 0.6 is 35.6 Å². The Labute approximate surface area is 112 Å². The predicted octanol–water partition coefficient (Wildman–Crippen LogP) is 3.43. The summed E-state index contributed by atoms with van der Waals surface area (Å²) in [5.74, 6) is 0.0624. The monoisotopic (exact) mass is 283 g/mol. The summed E-state index contributed by atoms with van der Waals surface area (Å²) in [6, 6.07) is 4.64. The molecule has 0 radical (unpaired) electrons. The molecule has 0 saturated carbocycles. The van der Waals surface area contributed by atoms with Crippen molar-refractivity contribution in [2.45, 2.75) is 26.0 Å². The van der Waals surface area contributed by atoms with Gasteiger partial charge in [-0.25, -0.2) is 0 Å². The van der Waals surface area contributed by atoms with Crippen molar-refractivity contribution in [2.24, 2.45) is 11.7 Å². The lowest BCUT2D eigenvalue weighted by Gasteiger charge is -2.24. The molecule has 0 bridgehead atoms. The van der Waals surface area contributed by atoms with E-state index in [1.807, 2.05) is 13.8 Å². The lowest BCUT2D eigenvalue weighted by molar-refractivity contribution is 0.0980. The number of aliphatic hydroxyl groups excluding tert-OH is 1. The summed E-state index contributed by atoms with van der Waals surface area (Å²) < 4.78 is 0. The lowest BCUT2D eigenvalue weighted by atomic mass is 9.94. The van der Waals surface area contributed by atoms with Crippen LogP contribution in [-0.4, -0.2) is 11.2 Å². The van der Waals surface area contributed by atoms with Crippen molar-refractivity contribution in [2.75, 3.05) is 0 Å². The van der Waals surface area contributed by atoms with Gasteiger partial charge < -0.3 is 10.8 Å². The first-order valence-corrected chi connectivity index (χ1v) is 5.58. The van der Waals surface area contributed by atoms with E-state index >= 15 is 0 Å². The lowest BCUT2D eigenvalue weighted by Crippen LogP contribution is -2.30. The Morgan fingerprint density at radius 2 is 1.62 bits per heavy atom. The molecule has 0 heterocycles. The van der Waals surface area contributed by atoms with Crippen molar-refractivity contribution in [3.8, 4) is 0 Å². The average Bonchev–Trinajstić information content (AvgIpc) is 2.15. The molecule has 92 valence electrons. The van der Waals surface area contributed by atoms with Crippen LogP contribution < -0.4 is 5.73 Å². The van der Waals surface area contributed by atoms with Gasteiger partial charge in [0.15, 0.2) is 0 Å². The minimum absolute atomic E-state index is 0. The van der Waals surface area contributed by atoms with Crippen LogP contribution in [0.3, 0.4) is 0 Å². The SMILES string of the molecule is CC(C)[C@@H](O)[C@@H](N)c1c(Cl)cccc1Cl.Cl. The zero-order chi connectivity index (χ0) is 11.6. The second-order valence-electron chi connectivity index (χ2n) is 3.90. The van der Waals surface area contributed by atoms with Gasteiger partial charge in [-0.05, 0) is 18.1 Å². The molecule has 16 heavy (non-hydrogen) atoms. The quantitative estimate of drug-likeness (QED) is 0.893. The molecule has 0 aliphatic rings. The van der Waals surface area contributed by atoms with Crippen LogP contribution in [0.15, 0.2) is 18.2 Å². The van der Waals surface area contributed by atoms with Gasteiger partial charge in [-0.2, -0.15) is 0 Å². The van der Waals surface area contributed by atoms with Gasteiger partial charge in [-0.1, -0.05) is 43.1 Å². The molecule has 1 aromatic carbocycles. The Bertz CT molecular complexity index is 324. The fourth-order valence-electron chi connectivity index (χ4n) is 1.41. The van der Waals surface area contributed by atoms with Gasteiger partial charge in [0.25, 0.3) is 0 Å². The molecule has 2 atom stereocenters. The van der Waals surface area contributed by atoms with E-state index in [4.69, 9.17) is 28.9 Å². The third-order valence-corrected chi connectivity index (χ3v) is 3.04. The highest BCUT2D eigenvalue weighted by molar-refractivity contribution is 6.36. The van der Waals surface area contributed by atoms with E-state index in [1.165, 1.54) is 0 Å². The van der Waals surface area contributed by atoms with Crippen LogP contribution in [0.25, 0.3) is 0 Å². The van der Waals surface area contributed by atoms with Crippen LogP contribution in [-0.2, 0) is 0 Å². The summed E-state index contributed by atoms with van der Waals surface area (Å²) >= 11 is 12.0. The highest BCUT2D eigenvalue weighted by atomic mass is 35.5. The number of halogens is 3. The van der Waals surface area contributed by atoms with Crippen LogP contribution in [0.4, 0.5) is 0 Å². The van der Waals surface area contributed by atoms with Crippen molar-refractivity contribution < 1.29 is 5.11 Å². The van der Waals surface area contributed by atoms with Crippen molar-refractivity contribution in [1.82, 2.24) is 0 Å². The summed E-state index contributed by atoms with van der Waals surface area (Å²) in [4.78, 5) is 0. The summed E-state index contributed by atoms with van der Waals surface area (Å²) in [7, 11) is 0. The molecule has 0 aliphatic heterocycles. The van der Waals surface area contributed by atoms with Gasteiger partial charge in [-0.15, -0.1) is 12.4 Å². The Balaban J connectivity index is 0.00000225. The highest BCUT2D eigenvalue weighted by Crippen LogP contribution is 2.32. The number of aliphatic hydroxyl groups is 1. The van der Waals surface area contributed by atoms with E-state index in [2.05, 4.69) is 0 Å². The fraction of sp³-hybridized carbons (Fsp3) is 0.455. The Hall–Kier alpha value is 0.01000. The molecule has 1 rings (SSSR count). The van der Waals surface area contributed by atoms with Crippen LogP contribution in [0.2, 0.25) is 10.0 Å². The molecule has 5 heteroatoms. The molecule has 2 nitrogen and oxygen atoms in total. The Kier molecular flexibility index (Phi) is 6.68.